The Hall–Kier alpha value is -1.12. The lowest BCUT2D eigenvalue weighted by Crippen LogP contribution is -2.28. The normalized spacial score (nSPS) is 19.9. The lowest BCUT2D eigenvalue weighted by molar-refractivity contribution is -0.153. The fourth-order valence-corrected chi connectivity index (χ4v) is 4.63. The summed E-state index contributed by atoms with van der Waals surface area (Å²) >= 11 is 0. The molecule has 0 aromatic heterocycles. The Bertz CT molecular complexity index is 478. The van der Waals surface area contributed by atoms with E-state index in [1.807, 2.05) is 0 Å². The van der Waals surface area contributed by atoms with Crippen molar-refractivity contribution in [3.63, 3.8) is 0 Å². The molecular weight excluding hydrogens is 288 g/mol. The Labute approximate surface area is 141 Å². The average Bonchev–Trinajstić information content (AvgIpc) is 2.49. The van der Waals surface area contributed by atoms with E-state index in [0.717, 1.165) is 18.4 Å². The van der Waals surface area contributed by atoms with Crippen LogP contribution in [0.3, 0.4) is 0 Å². The maximum absolute atomic E-state index is 11.6. The van der Waals surface area contributed by atoms with Gasteiger partial charge in [-0.25, -0.2) is 0 Å². The Morgan fingerprint density at radius 2 is 1.61 bits per heavy atom. The van der Waals surface area contributed by atoms with Crippen molar-refractivity contribution < 1.29 is 14.3 Å². The van der Waals surface area contributed by atoms with E-state index in [1.54, 1.807) is 0 Å². The highest BCUT2D eigenvalue weighted by atomic mass is 16.6. The fraction of sp³-hybridized carbons (Fsp3) is 0.800. The first-order valence-corrected chi connectivity index (χ1v) is 8.60. The third kappa shape index (κ3) is 7.32. The summed E-state index contributed by atoms with van der Waals surface area (Å²) in [6, 6.07) is 0. The molecular formula is C20H34O3. The number of carbonyl (C=O) groups is 2. The van der Waals surface area contributed by atoms with E-state index in [2.05, 4.69) is 59.8 Å². The predicted octanol–water partition coefficient (Wildman–Crippen LogP) is 5.29. The maximum atomic E-state index is 11.6. The van der Waals surface area contributed by atoms with Crippen molar-refractivity contribution in [3.05, 3.63) is 12.2 Å². The number of hydrogen-bond donors (Lipinski definition) is 0. The van der Waals surface area contributed by atoms with Crippen molar-refractivity contribution in [2.45, 2.75) is 80.6 Å². The molecule has 0 radical (unpaired) electrons. The highest BCUT2D eigenvalue weighted by Gasteiger charge is 2.36. The molecule has 1 saturated heterocycles. The van der Waals surface area contributed by atoms with Gasteiger partial charge in [0.1, 0.15) is 0 Å². The highest BCUT2D eigenvalue weighted by molar-refractivity contribution is 5.94. The molecule has 3 nitrogen and oxygen atoms in total. The number of esters is 2. The van der Waals surface area contributed by atoms with Crippen LogP contribution in [-0.4, -0.2) is 11.9 Å². The van der Waals surface area contributed by atoms with Crippen LogP contribution in [0.2, 0.25) is 0 Å². The van der Waals surface area contributed by atoms with Crippen molar-refractivity contribution in [1.29, 1.82) is 0 Å². The molecule has 132 valence electrons. The third-order valence-corrected chi connectivity index (χ3v) is 4.19. The van der Waals surface area contributed by atoms with Gasteiger partial charge in [-0.15, -0.1) is 0 Å². The summed E-state index contributed by atoms with van der Waals surface area (Å²) in [5, 5.41) is 0. The molecule has 0 aromatic rings. The van der Waals surface area contributed by atoms with Gasteiger partial charge >= 0.3 is 11.9 Å². The van der Waals surface area contributed by atoms with Crippen LogP contribution in [0.15, 0.2) is 12.2 Å². The third-order valence-electron chi connectivity index (χ3n) is 4.19. The van der Waals surface area contributed by atoms with E-state index < -0.39 is 5.97 Å². The monoisotopic (exact) mass is 322 g/mol. The van der Waals surface area contributed by atoms with Gasteiger partial charge in [0, 0.05) is 0 Å². The lowest BCUT2D eigenvalue weighted by atomic mass is 9.66. The first kappa shape index (κ1) is 19.9. The van der Waals surface area contributed by atoms with Gasteiger partial charge in [-0.3, -0.25) is 9.59 Å². The second kappa shape index (κ2) is 6.78. The van der Waals surface area contributed by atoms with Gasteiger partial charge in [0.25, 0.3) is 0 Å². The van der Waals surface area contributed by atoms with Crippen LogP contribution < -0.4 is 0 Å². The molecule has 1 aliphatic heterocycles. The summed E-state index contributed by atoms with van der Waals surface area (Å²) in [4.78, 5) is 22.8. The minimum absolute atomic E-state index is 0.123. The van der Waals surface area contributed by atoms with Crippen LogP contribution in [0, 0.1) is 22.2 Å². The summed E-state index contributed by atoms with van der Waals surface area (Å²) in [5.41, 5.74) is 1.73. The summed E-state index contributed by atoms with van der Waals surface area (Å²) in [7, 11) is 0. The summed E-state index contributed by atoms with van der Waals surface area (Å²) in [5.74, 6) is -1.12. The van der Waals surface area contributed by atoms with Gasteiger partial charge in [0.05, 0.1) is 12.3 Å². The van der Waals surface area contributed by atoms with Crippen LogP contribution in [0.1, 0.15) is 80.6 Å². The second-order valence-corrected chi connectivity index (χ2v) is 10.1. The van der Waals surface area contributed by atoms with Crippen LogP contribution in [-0.2, 0) is 14.3 Å². The minimum Gasteiger partial charge on any atom is -0.393 e. The minimum atomic E-state index is -0.404. The molecule has 1 atom stereocenters. The van der Waals surface area contributed by atoms with E-state index in [4.69, 9.17) is 0 Å². The molecule has 1 fully saturated rings. The molecule has 23 heavy (non-hydrogen) atoms. The first-order chi connectivity index (χ1) is 10.2. The number of allylic oxidation sites excluding steroid dienone is 1. The number of ether oxygens (including phenoxy) is 1. The van der Waals surface area contributed by atoms with Crippen molar-refractivity contribution >= 4 is 11.9 Å². The summed E-state index contributed by atoms with van der Waals surface area (Å²) in [6.45, 7) is 20.2. The number of hydrogen-bond acceptors (Lipinski definition) is 3. The van der Waals surface area contributed by atoms with E-state index in [9.17, 15) is 9.59 Å². The van der Waals surface area contributed by atoms with Crippen molar-refractivity contribution in [1.82, 2.24) is 0 Å². The van der Waals surface area contributed by atoms with Crippen LogP contribution in [0.4, 0.5) is 0 Å². The topological polar surface area (TPSA) is 43.4 Å². The van der Waals surface area contributed by atoms with Gasteiger partial charge < -0.3 is 4.74 Å². The molecule has 1 heterocycles. The molecule has 0 aliphatic carbocycles. The number of cyclic esters (lactones) is 2. The standard InChI is InChI=1S/C20H34O3/c1-14(9-15-10-16(21)23-17(15)22)11-19(5,6)13-20(7,8)12-18(2,3)4/h15H,1,9-13H2,2-8H3. The largest absolute Gasteiger partial charge is 0.393 e. The Balaban J connectivity index is 2.58. The molecule has 3 heteroatoms. The molecule has 1 unspecified atom stereocenters. The van der Waals surface area contributed by atoms with Gasteiger partial charge in [-0.05, 0) is 41.9 Å². The van der Waals surface area contributed by atoms with Crippen molar-refractivity contribution in [2.75, 3.05) is 0 Å². The van der Waals surface area contributed by atoms with Crippen molar-refractivity contribution in [3.8, 4) is 0 Å². The first-order valence-electron chi connectivity index (χ1n) is 8.60. The van der Waals surface area contributed by atoms with Crippen LogP contribution in [0.25, 0.3) is 0 Å². The second-order valence-electron chi connectivity index (χ2n) is 10.1. The van der Waals surface area contributed by atoms with Gasteiger partial charge in [-0.1, -0.05) is 60.6 Å². The smallest absolute Gasteiger partial charge is 0.317 e. The Morgan fingerprint density at radius 3 is 2.04 bits per heavy atom. The highest BCUT2D eigenvalue weighted by Crippen LogP contribution is 2.44. The lowest BCUT2D eigenvalue weighted by Gasteiger charge is -2.39. The zero-order chi connectivity index (χ0) is 18.1. The molecule has 0 bridgehead atoms. The molecule has 1 rings (SSSR count). The van der Waals surface area contributed by atoms with Gasteiger partial charge in [0.15, 0.2) is 0 Å². The van der Waals surface area contributed by atoms with Crippen LogP contribution in [0.5, 0.6) is 0 Å². The molecule has 0 amide bonds. The van der Waals surface area contributed by atoms with E-state index in [0.29, 0.717) is 11.8 Å². The Morgan fingerprint density at radius 1 is 1.04 bits per heavy atom. The number of rotatable bonds is 7. The molecule has 0 spiro atoms. The van der Waals surface area contributed by atoms with Gasteiger partial charge in [0.2, 0.25) is 0 Å². The van der Waals surface area contributed by atoms with Crippen LogP contribution >= 0.6 is 0 Å². The average molecular weight is 322 g/mol. The molecule has 0 N–H and O–H groups in total. The van der Waals surface area contributed by atoms with E-state index in [-0.39, 0.29) is 29.1 Å². The quantitative estimate of drug-likeness (QED) is 0.363. The SMILES string of the molecule is C=C(CC1CC(=O)OC1=O)CC(C)(C)CC(C)(C)CC(C)(C)C. The Kier molecular flexibility index (Phi) is 5.88. The zero-order valence-electron chi connectivity index (χ0n) is 16.0. The zero-order valence-corrected chi connectivity index (χ0v) is 16.0. The number of carbonyl (C=O) groups excluding carboxylic acids is 2. The summed E-state index contributed by atoms with van der Waals surface area (Å²) in [6.07, 6.45) is 3.91. The maximum Gasteiger partial charge on any atom is 0.317 e. The van der Waals surface area contributed by atoms with Crippen molar-refractivity contribution in [2.24, 2.45) is 22.2 Å². The van der Waals surface area contributed by atoms with E-state index in [1.165, 1.54) is 6.42 Å². The summed E-state index contributed by atoms with van der Waals surface area (Å²) < 4.78 is 4.62. The van der Waals surface area contributed by atoms with Gasteiger partial charge in [-0.2, -0.15) is 0 Å². The van der Waals surface area contributed by atoms with E-state index >= 15 is 0 Å². The predicted molar refractivity (Wildman–Crippen MR) is 93.8 cm³/mol. The molecule has 1 aliphatic rings. The molecule has 0 aromatic carbocycles. The fourth-order valence-electron chi connectivity index (χ4n) is 4.63. The molecule has 0 saturated carbocycles.